The molecule has 0 saturated carbocycles. The monoisotopic (exact) mass is 887 g/mol. The molecule has 21 heteroatoms. The maximum atomic E-state index is 12.6. The molecule has 3 aromatic heterocycles. The molecule has 0 fully saturated rings. The number of nitrogens with one attached hydrogen (secondary N) is 2. The molecular formula is C41H41N7O12S2. The fraction of sp³-hybridized carbons (Fsp3) is 0.195. The number of hydrogen-bond acceptors (Lipinski definition) is 13. The third-order valence-electron chi connectivity index (χ3n) is 9.08. The van der Waals surface area contributed by atoms with Crippen LogP contribution in [0.25, 0.3) is 21.8 Å². The Morgan fingerprint density at radius 2 is 1.03 bits per heavy atom. The summed E-state index contributed by atoms with van der Waals surface area (Å²) >= 11 is 0. The number of fused-ring (bicyclic) bond motifs is 2. The van der Waals surface area contributed by atoms with Crippen molar-refractivity contribution < 1.29 is 55.1 Å². The van der Waals surface area contributed by atoms with Crippen LogP contribution in [0.3, 0.4) is 0 Å². The molecule has 0 saturated heterocycles. The highest BCUT2D eigenvalue weighted by Gasteiger charge is 2.28. The van der Waals surface area contributed by atoms with E-state index in [1.165, 1.54) is 12.3 Å². The lowest BCUT2D eigenvalue weighted by Crippen LogP contribution is -2.33. The first kappa shape index (κ1) is 45.7. The summed E-state index contributed by atoms with van der Waals surface area (Å²) < 4.78 is 63.0. The average molecular weight is 888 g/mol. The molecule has 0 bridgehead atoms. The number of aromatic nitrogens is 3. The van der Waals surface area contributed by atoms with Crippen LogP contribution in [0.4, 0.5) is 0 Å². The van der Waals surface area contributed by atoms with Gasteiger partial charge in [-0.1, -0.05) is 66.7 Å². The minimum atomic E-state index is -3.76. The zero-order valence-electron chi connectivity index (χ0n) is 33.7. The summed E-state index contributed by atoms with van der Waals surface area (Å²) in [7, 11) is -7.50. The Labute approximate surface area is 355 Å². The molecule has 0 unspecified atom stereocenters. The Hall–Kier alpha value is -7.39. The Balaban J connectivity index is 0.000000234. The lowest BCUT2D eigenvalue weighted by atomic mass is 10.1. The Morgan fingerprint density at radius 1 is 0.597 bits per heavy atom. The van der Waals surface area contributed by atoms with Gasteiger partial charge in [-0.2, -0.15) is 0 Å². The minimum absolute atomic E-state index is 0.0186. The molecular weight excluding hydrogens is 847 g/mol. The van der Waals surface area contributed by atoms with Crippen molar-refractivity contribution in [1.82, 2.24) is 23.6 Å². The molecule has 6 rings (SSSR count). The van der Waals surface area contributed by atoms with Gasteiger partial charge in [0.1, 0.15) is 5.75 Å². The van der Waals surface area contributed by atoms with Gasteiger partial charge in [0.05, 0.1) is 45.4 Å². The molecule has 0 aliphatic carbocycles. The number of nitrogens with zero attached hydrogens (tertiary/aromatic N) is 3. The fourth-order valence-electron chi connectivity index (χ4n) is 6.60. The lowest BCUT2D eigenvalue weighted by Gasteiger charge is -2.10. The minimum Gasteiger partial charge on any atom is -0.483 e. The molecule has 0 spiro atoms. The Kier molecular flexibility index (Phi) is 13.9. The van der Waals surface area contributed by atoms with Crippen LogP contribution in [0.15, 0.2) is 91.1 Å². The molecule has 0 aliphatic rings. The molecule has 324 valence electrons. The van der Waals surface area contributed by atoms with Crippen molar-refractivity contribution in [3.8, 4) is 11.6 Å². The van der Waals surface area contributed by atoms with Crippen molar-refractivity contribution in [1.29, 1.82) is 0 Å². The van der Waals surface area contributed by atoms with E-state index in [4.69, 9.17) is 20.9 Å². The van der Waals surface area contributed by atoms with E-state index in [1.807, 2.05) is 69.8 Å². The van der Waals surface area contributed by atoms with Crippen LogP contribution in [0, 0.1) is 13.8 Å². The van der Waals surface area contributed by atoms with Gasteiger partial charge in [0.2, 0.25) is 25.9 Å². The van der Waals surface area contributed by atoms with E-state index in [0.29, 0.717) is 40.9 Å². The molecule has 62 heavy (non-hydrogen) atoms. The highest BCUT2D eigenvalue weighted by atomic mass is 32.2. The van der Waals surface area contributed by atoms with Crippen molar-refractivity contribution in [2.24, 2.45) is 11.5 Å². The van der Waals surface area contributed by atoms with Crippen LogP contribution in [0.2, 0.25) is 0 Å². The van der Waals surface area contributed by atoms with Crippen molar-refractivity contribution in [3.05, 3.63) is 125 Å². The maximum absolute atomic E-state index is 12.6. The van der Waals surface area contributed by atoms with Crippen LogP contribution >= 0.6 is 0 Å². The topological polar surface area (TPSA) is 288 Å². The standard InChI is InChI=1S/C21H21N3O6S.C20H20N4O6S/c1-13-18(20(26)21(22)27)19-15(24(13)11-14-7-4-3-5-8-14)9-6-10-16(19)30-12-17(25)23-31(2,28)29;1-12-16(18(26)19(21)27)17-14(24(12)10-13-6-4-3-5-7-13)8-9-22-20(17)30-11-15(25)23-31(2,28)29/h3-10H,11-12H2,1-2H3,(H2,22,27)(H,23,25);3-9H,10-11H2,1-2H3,(H2,21,27)(H,23,25). The van der Waals surface area contributed by atoms with Crippen LogP contribution in [-0.4, -0.2) is 91.9 Å². The number of pyridine rings is 1. The average Bonchev–Trinajstić information content (AvgIpc) is 3.64. The van der Waals surface area contributed by atoms with Gasteiger partial charge in [-0.15, -0.1) is 0 Å². The summed E-state index contributed by atoms with van der Waals surface area (Å²) in [6.07, 6.45) is 3.11. The van der Waals surface area contributed by atoms with Crippen LogP contribution in [0.1, 0.15) is 43.2 Å². The van der Waals surface area contributed by atoms with E-state index in [2.05, 4.69) is 4.98 Å². The van der Waals surface area contributed by atoms with E-state index < -0.39 is 68.5 Å². The molecule has 3 aromatic carbocycles. The first-order chi connectivity index (χ1) is 29.2. The number of nitrogens with two attached hydrogens (primary N) is 2. The van der Waals surface area contributed by atoms with Gasteiger partial charge < -0.3 is 30.1 Å². The second-order valence-corrected chi connectivity index (χ2v) is 17.3. The number of Topliss-reactive ketones (excluding diaryl/α,β-unsaturated/α-hetero) is 2. The summed E-state index contributed by atoms with van der Waals surface area (Å²) in [5.74, 6) is -5.80. The van der Waals surface area contributed by atoms with Gasteiger partial charge in [-0.3, -0.25) is 38.2 Å². The number of carbonyl (C=O) groups is 6. The molecule has 6 aromatic rings. The first-order valence-corrected chi connectivity index (χ1v) is 22.1. The number of carbonyl (C=O) groups excluding carboxylic acids is 6. The summed E-state index contributed by atoms with van der Waals surface area (Å²) in [5, 5.41) is 0.541. The van der Waals surface area contributed by atoms with Gasteiger partial charge in [0.25, 0.3) is 35.2 Å². The summed E-state index contributed by atoms with van der Waals surface area (Å²) in [4.78, 5) is 76.3. The molecule has 0 aliphatic heterocycles. The van der Waals surface area contributed by atoms with Gasteiger partial charge in [-0.05, 0) is 43.2 Å². The van der Waals surface area contributed by atoms with E-state index in [0.717, 1.165) is 23.6 Å². The third kappa shape index (κ3) is 11.1. The normalized spacial score (nSPS) is 11.3. The first-order valence-electron chi connectivity index (χ1n) is 18.3. The maximum Gasteiger partial charge on any atom is 0.289 e. The second-order valence-electron chi connectivity index (χ2n) is 13.8. The highest BCUT2D eigenvalue weighted by molar-refractivity contribution is 7.89. The summed E-state index contributed by atoms with van der Waals surface area (Å²) in [5.41, 5.74) is 14.7. The van der Waals surface area contributed by atoms with Gasteiger partial charge >= 0.3 is 0 Å². The molecule has 19 nitrogen and oxygen atoms in total. The van der Waals surface area contributed by atoms with Crippen molar-refractivity contribution in [2.75, 3.05) is 25.7 Å². The number of ketones is 2. The van der Waals surface area contributed by atoms with E-state index >= 15 is 0 Å². The van der Waals surface area contributed by atoms with Crippen molar-refractivity contribution in [2.45, 2.75) is 26.9 Å². The number of hydrogen-bond donors (Lipinski definition) is 4. The number of primary amides is 2. The van der Waals surface area contributed by atoms with E-state index in [1.54, 1.807) is 41.5 Å². The van der Waals surface area contributed by atoms with Crippen LogP contribution < -0.4 is 30.4 Å². The molecule has 6 N–H and O–H groups in total. The number of sulfonamides is 2. The van der Waals surface area contributed by atoms with Crippen LogP contribution in [-0.2, 0) is 52.3 Å². The van der Waals surface area contributed by atoms with E-state index in [-0.39, 0.29) is 28.1 Å². The Bertz CT molecular complexity index is 2760. The van der Waals surface area contributed by atoms with Gasteiger partial charge in [0, 0.05) is 30.7 Å². The van der Waals surface area contributed by atoms with Crippen LogP contribution in [0.5, 0.6) is 11.6 Å². The Morgan fingerprint density at radius 3 is 1.48 bits per heavy atom. The quantitative estimate of drug-likeness (QED) is 0.0795. The number of rotatable bonds is 16. The second kappa shape index (κ2) is 18.9. The molecule has 0 atom stereocenters. The van der Waals surface area contributed by atoms with E-state index in [9.17, 15) is 45.6 Å². The zero-order valence-corrected chi connectivity index (χ0v) is 35.3. The number of benzene rings is 3. The third-order valence-corrected chi connectivity index (χ3v) is 10.3. The molecule has 3 heterocycles. The van der Waals surface area contributed by atoms with Gasteiger partial charge in [0.15, 0.2) is 13.2 Å². The molecule has 0 radical (unpaired) electrons. The number of amides is 4. The predicted octanol–water partition coefficient (Wildman–Crippen LogP) is 1.64. The SMILES string of the molecule is Cc1c(C(=O)C(N)=O)c2c(OCC(=O)NS(C)(=O)=O)cccc2n1Cc1ccccc1.Cc1c(C(=O)C(N)=O)c2c(OCC(=O)NS(C)(=O)=O)nccc2n1Cc1ccccc1. The summed E-state index contributed by atoms with van der Waals surface area (Å²) in [6.45, 7) is 2.92. The lowest BCUT2D eigenvalue weighted by molar-refractivity contribution is -0.122. The van der Waals surface area contributed by atoms with Crippen molar-refractivity contribution in [3.63, 3.8) is 0 Å². The number of ether oxygens (including phenoxy) is 2. The smallest absolute Gasteiger partial charge is 0.289 e. The zero-order chi connectivity index (χ0) is 45.5. The van der Waals surface area contributed by atoms with Gasteiger partial charge in [-0.25, -0.2) is 21.8 Å². The molecule has 4 amide bonds. The highest BCUT2D eigenvalue weighted by Crippen LogP contribution is 2.35. The fourth-order valence-corrected chi connectivity index (χ4v) is 7.55. The summed E-state index contributed by atoms with van der Waals surface area (Å²) in [6, 6.07) is 25.6. The largest absolute Gasteiger partial charge is 0.483 e. The van der Waals surface area contributed by atoms with Crippen molar-refractivity contribution >= 4 is 77.0 Å². The predicted molar refractivity (Wildman–Crippen MR) is 226 cm³/mol.